The lowest BCUT2D eigenvalue weighted by atomic mass is 10.3. The molecule has 0 heterocycles. The largest absolute Gasteiger partial charge is 0.394 e. The first-order chi connectivity index (χ1) is 5.41. The maximum absolute atomic E-state index is 8.33. The van der Waals surface area contributed by atoms with E-state index in [0.717, 1.165) is 13.0 Å². The number of rotatable bonds is 8. The number of aliphatic hydroxyl groups excluding tert-OH is 1. The highest BCUT2D eigenvalue weighted by Gasteiger charge is 1.87. The van der Waals surface area contributed by atoms with E-state index in [1.807, 2.05) is 0 Å². The maximum Gasteiger partial charge on any atom is 0.146 e. The van der Waals surface area contributed by atoms with Gasteiger partial charge in [0.2, 0.25) is 0 Å². The predicted molar refractivity (Wildman–Crippen MR) is 43.4 cm³/mol. The molecule has 0 bridgehead atoms. The molecule has 3 heteroatoms. The van der Waals surface area contributed by atoms with Crippen molar-refractivity contribution in [3.05, 3.63) is 0 Å². The minimum Gasteiger partial charge on any atom is -0.394 e. The van der Waals surface area contributed by atoms with Gasteiger partial charge in [0.25, 0.3) is 0 Å². The SMILES string of the molecule is CCCCCOCOCCO. The summed E-state index contributed by atoms with van der Waals surface area (Å²) in [4.78, 5) is 0. The van der Waals surface area contributed by atoms with Crippen LogP contribution in [0.15, 0.2) is 0 Å². The Morgan fingerprint density at radius 1 is 1.09 bits per heavy atom. The average Bonchev–Trinajstić information content (AvgIpc) is 2.03. The van der Waals surface area contributed by atoms with Gasteiger partial charge in [0.15, 0.2) is 0 Å². The van der Waals surface area contributed by atoms with Gasteiger partial charge in [-0.3, -0.25) is 0 Å². The molecular formula is C8H18O3. The van der Waals surface area contributed by atoms with E-state index in [1.54, 1.807) is 0 Å². The van der Waals surface area contributed by atoms with Crippen LogP contribution in [0.3, 0.4) is 0 Å². The normalized spacial score (nSPS) is 10.4. The minimum absolute atomic E-state index is 0.0678. The molecule has 0 fully saturated rings. The molecule has 0 aromatic carbocycles. The number of ether oxygens (including phenoxy) is 2. The zero-order valence-electron chi connectivity index (χ0n) is 7.21. The number of hydrogen-bond acceptors (Lipinski definition) is 3. The molecule has 0 amide bonds. The summed E-state index contributed by atoms with van der Waals surface area (Å²) in [6.45, 7) is 3.66. The highest BCUT2D eigenvalue weighted by molar-refractivity contribution is 4.34. The Kier molecular flexibility index (Phi) is 9.77. The highest BCUT2D eigenvalue weighted by Crippen LogP contribution is 1.93. The molecule has 0 aliphatic carbocycles. The van der Waals surface area contributed by atoms with Crippen LogP contribution < -0.4 is 0 Å². The molecule has 0 rings (SSSR count). The van der Waals surface area contributed by atoms with Gasteiger partial charge < -0.3 is 14.6 Å². The third kappa shape index (κ3) is 9.88. The smallest absolute Gasteiger partial charge is 0.146 e. The Balaban J connectivity index is 2.69. The van der Waals surface area contributed by atoms with Gasteiger partial charge in [-0.05, 0) is 6.42 Å². The molecule has 0 unspecified atom stereocenters. The summed E-state index contributed by atoms with van der Waals surface area (Å²) in [5.41, 5.74) is 0. The molecule has 0 saturated heterocycles. The van der Waals surface area contributed by atoms with Gasteiger partial charge in [-0.1, -0.05) is 19.8 Å². The van der Waals surface area contributed by atoms with Gasteiger partial charge in [-0.15, -0.1) is 0 Å². The third-order valence-corrected chi connectivity index (χ3v) is 1.29. The number of unbranched alkanes of at least 4 members (excludes halogenated alkanes) is 2. The van der Waals surface area contributed by atoms with Gasteiger partial charge in [0, 0.05) is 6.61 Å². The van der Waals surface area contributed by atoms with Crippen LogP contribution in [0.4, 0.5) is 0 Å². The zero-order chi connectivity index (χ0) is 8.36. The van der Waals surface area contributed by atoms with E-state index >= 15 is 0 Å². The van der Waals surface area contributed by atoms with Crippen LogP contribution >= 0.6 is 0 Å². The van der Waals surface area contributed by atoms with Crippen molar-refractivity contribution in [3.8, 4) is 0 Å². The van der Waals surface area contributed by atoms with Crippen molar-refractivity contribution in [2.24, 2.45) is 0 Å². The Bertz CT molecular complexity index is 58.4. The quantitative estimate of drug-likeness (QED) is 0.430. The van der Waals surface area contributed by atoms with E-state index in [-0.39, 0.29) is 6.61 Å². The molecule has 0 saturated carbocycles. The number of aliphatic hydroxyl groups is 1. The monoisotopic (exact) mass is 162 g/mol. The summed E-state index contributed by atoms with van der Waals surface area (Å²) in [5.74, 6) is 0. The zero-order valence-corrected chi connectivity index (χ0v) is 7.21. The van der Waals surface area contributed by atoms with Crippen LogP contribution in [0.5, 0.6) is 0 Å². The van der Waals surface area contributed by atoms with Crippen molar-refractivity contribution in [2.75, 3.05) is 26.6 Å². The Hall–Kier alpha value is -0.120. The Morgan fingerprint density at radius 3 is 2.45 bits per heavy atom. The summed E-state index contributed by atoms with van der Waals surface area (Å²) in [6, 6.07) is 0. The van der Waals surface area contributed by atoms with Crippen LogP contribution in [0.25, 0.3) is 0 Å². The summed E-state index contributed by atoms with van der Waals surface area (Å²) in [5, 5.41) is 8.33. The summed E-state index contributed by atoms with van der Waals surface area (Å²) in [6.07, 6.45) is 3.51. The van der Waals surface area contributed by atoms with Crippen molar-refractivity contribution in [2.45, 2.75) is 26.2 Å². The van der Waals surface area contributed by atoms with Crippen molar-refractivity contribution < 1.29 is 14.6 Å². The molecule has 0 aromatic rings. The average molecular weight is 162 g/mol. The van der Waals surface area contributed by atoms with Crippen LogP contribution in [0.2, 0.25) is 0 Å². The molecule has 0 aliphatic heterocycles. The molecule has 0 aliphatic rings. The molecule has 11 heavy (non-hydrogen) atoms. The van der Waals surface area contributed by atoms with Crippen LogP contribution in [-0.2, 0) is 9.47 Å². The van der Waals surface area contributed by atoms with Gasteiger partial charge >= 0.3 is 0 Å². The third-order valence-electron chi connectivity index (χ3n) is 1.29. The van der Waals surface area contributed by atoms with Crippen molar-refractivity contribution in [1.82, 2.24) is 0 Å². The lowest BCUT2D eigenvalue weighted by Gasteiger charge is -2.03. The maximum atomic E-state index is 8.33. The molecule has 0 aromatic heterocycles. The first kappa shape index (κ1) is 10.9. The van der Waals surface area contributed by atoms with Gasteiger partial charge in [-0.2, -0.15) is 0 Å². The van der Waals surface area contributed by atoms with E-state index in [1.165, 1.54) is 12.8 Å². The fourth-order valence-corrected chi connectivity index (χ4v) is 0.695. The van der Waals surface area contributed by atoms with E-state index in [9.17, 15) is 0 Å². The van der Waals surface area contributed by atoms with Crippen LogP contribution in [0, 0.1) is 0 Å². The first-order valence-corrected chi connectivity index (χ1v) is 4.18. The molecule has 0 radical (unpaired) electrons. The van der Waals surface area contributed by atoms with Crippen molar-refractivity contribution in [1.29, 1.82) is 0 Å². The van der Waals surface area contributed by atoms with Gasteiger partial charge in [0.05, 0.1) is 13.2 Å². The summed E-state index contributed by atoms with van der Waals surface area (Å²) < 4.78 is 10.00. The second-order valence-electron chi connectivity index (χ2n) is 2.37. The Morgan fingerprint density at radius 2 is 1.82 bits per heavy atom. The second kappa shape index (κ2) is 9.88. The van der Waals surface area contributed by atoms with E-state index in [2.05, 4.69) is 6.92 Å². The highest BCUT2D eigenvalue weighted by atomic mass is 16.7. The van der Waals surface area contributed by atoms with Crippen LogP contribution in [-0.4, -0.2) is 31.7 Å². The van der Waals surface area contributed by atoms with Crippen LogP contribution in [0.1, 0.15) is 26.2 Å². The summed E-state index contributed by atoms with van der Waals surface area (Å²) >= 11 is 0. The van der Waals surface area contributed by atoms with Crippen molar-refractivity contribution >= 4 is 0 Å². The lowest BCUT2D eigenvalue weighted by Crippen LogP contribution is -2.04. The molecule has 68 valence electrons. The molecule has 1 N–H and O–H groups in total. The summed E-state index contributed by atoms with van der Waals surface area (Å²) in [7, 11) is 0. The fraction of sp³-hybridized carbons (Fsp3) is 1.00. The minimum atomic E-state index is 0.0678. The first-order valence-electron chi connectivity index (χ1n) is 4.18. The standard InChI is InChI=1S/C8H18O3/c1-2-3-4-6-10-8-11-7-5-9/h9H,2-8H2,1H3. The molecule has 0 atom stereocenters. The molecule has 3 nitrogen and oxygen atoms in total. The lowest BCUT2D eigenvalue weighted by molar-refractivity contribution is -0.0630. The predicted octanol–water partition coefficient (Wildman–Crippen LogP) is 1.16. The van der Waals surface area contributed by atoms with Gasteiger partial charge in [0.1, 0.15) is 6.79 Å². The van der Waals surface area contributed by atoms with Crippen molar-refractivity contribution in [3.63, 3.8) is 0 Å². The topological polar surface area (TPSA) is 38.7 Å². The second-order valence-corrected chi connectivity index (χ2v) is 2.37. The van der Waals surface area contributed by atoms with E-state index in [4.69, 9.17) is 14.6 Å². The Labute approximate surface area is 68.3 Å². The van der Waals surface area contributed by atoms with E-state index in [0.29, 0.717) is 13.4 Å². The van der Waals surface area contributed by atoms with Gasteiger partial charge in [-0.25, -0.2) is 0 Å². The molecular weight excluding hydrogens is 144 g/mol. The fourth-order valence-electron chi connectivity index (χ4n) is 0.695. The number of hydrogen-bond donors (Lipinski definition) is 1. The molecule has 0 spiro atoms. The van der Waals surface area contributed by atoms with E-state index < -0.39 is 0 Å².